The van der Waals surface area contributed by atoms with Gasteiger partial charge in [-0.1, -0.05) is 218 Å². The number of benzene rings is 10. The fraction of sp³-hybridized carbons (Fsp3) is 0.241. The highest BCUT2D eigenvalue weighted by Crippen LogP contribution is 2.54. The maximum Gasteiger partial charge on any atom is 0.252 e. The van der Waals surface area contributed by atoms with Gasteiger partial charge in [0.05, 0.1) is 0 Å². The zero-order valence-electron chi connectivity index (χ0n) is 51.5. The van der Waals surface area contributed by atoms with Crippen LogP contribution in [0.15, 0.2) is 211 Å². The Hall–Kier alpha value is -8.54. The van der Waals surface area contributed by atoms with Crippen molar-refractivity contribution in [3.8, 4) is 22.3 Å². The topological polar surface area (TPSA) is 22.9 Å². The molecule has 3 aliphatic rings. The van der Waals surface area contributed by atoms with Gasteiger partial charge in [0.2, 0.25) is 0 Å². The van der Waals surface area contributed by atoms with Crippen molar-refractivity contribution >= 4 is 96.2 Å². The highest BCUT2D eigenvalue weighted by atomic mass is 16.3. The summed E-state index contributed by atoms with van der Waals surface area (Å²) in [5, 5.41) is 2.26. The SMILES string of the molecule is CC(C)(C)c1ccc(N(c2ccc(C(C)(C)C)cc2)c2ccc3c(c2)N(c2ccc(-c4cccc5c4oc4ccccc45)cc2)c2cc(C(C)(C)C)cc4c2B3c2cc3c(cc2N4c2ccc(C(C)(C)C)cc2)C(C)(C)c2ccccc2-3)cc1. The molecular formula is C79H76BN3O. The smallest absolute Gasteiger partial charge is 0.252 e. The molecule has 2 aliphatic heterocycles. The fourth-order valence-electron chi connectivity index (χ4n) is 13.8. The van der Waals surface area contributed by atoms with Crippen molar-refractivity contribution in [2.24, 2.45) is 0 Å². The number of hydrogen-bond acceptors (Lipinski definition) is 4. The van der Waals surface area contributed by atoms with Gasteiger partial charge < -0.3 is 19.1 Å². The van der Waals surface area contributed by atoms with Crippen LogP contribution >= 0.6 is 0 Å². The molecule has 0 unspecified atom stereocenters. The number of rotatable bonds is 6. The van der Waals surface area contributed by atoms with Crippen LogP contribution in [0.5, 0.6) is 0 Å². The minimum absolute atomic E-state index is 0.00387. The summed E-state index contributed by atoms with van der Waals surface area (Å²) in [4.78, 5) is 7.67. The first-order valence-electron chi connectivity index (χ1n) is 30.3. The van der Waals surface area contributed by atoms with Crippen LogP contribution in [0.1, 0.15) is 130 Å². The molecule has 4 nitrogen and oxygen atoms in total. The molecule has 3 heterocycles. The summed E-state index contributed by atoms with van der Waals surface area (Å²) in [6.07, 6.45) is 0. The first kappa shape index (κ1) is 53.5. The van der Waals surface area contributed by atoms with E-state index >= 15 is 0 Å². The average molecular weight is 1090 g/mol. The largest absolute Gasteiger partial charge is 0.455 e. The molecule has 84 heavy (non-hydrogen) atoms. The summed E-state index contributed by atoms with van der Waals surface area (Å²) < 4.78 is 6.66. The molecule has 11 aromatic rings. The third-order valence-corrected chi connectivity index (χ3v) is 18.7. The molecule has 1 aromatic heterocycles. The van der Waals surface area contributed by atoms with E-state index in [2.05, 4.69) is 318 Å². The number of furan rings is 1. The Morgan fingerprint density at radius 1 is 0.381 bits per heavy atom. The van der Waals surface area contributed by atoms with Crippen LogP contribution in [0.25, 0.3) is 44.2 Å². The average Bonchev–Trinajstić information content (AvgIpc) is 1.10. The first-order chi connectivity index (χ1) is 39.9. The fourth-order valence-corrected chi connectivity index (χ4v) is 13.8. The normalized spacial score (nSPS) is 14.3. The van der Waals surface area contributed by atoms with Gasteiger partial charge in [-0.15, -0.1) is 0 Å². The second-order valence-electron chi connectivity index (χ2n) is 28.7. The lowest BCUT2D eigenvalue weighted by Crippen LogP contribution is -2.61. The maximum absolute atomic E-state index is 6.66. The summed E-state index contributed by atoms with van der Waals surface area (Å²) >= 11 is 0. The van der Waals surface area contributed by atoms with Gasteiger partial charge in [-0.3, -0.25) is 0 Å². The number of fused-ring (bicyclic) bond motifs is 10. The Kier molecular flexibility index (Phi) is 11.9. The van der Waals surface area contributed by atoms with Gasteiger partial charge in [0.1, 0.15) is 11.2 Å². The summed E-state index contributed by atoms with van der Waals surface area (Å²) in [5.74, 6) is 0. The zero-order valence-corrected chi connectivity index (χ0v) is 51.5. The van der Waals surface area contributed by atoms with Crippen LogP contribution in [0.3, 0.4) is 0 Å². The second-order valence-corrected chi connectivity index (χ2v) is 28.7. The molecule has 0 atom stereocenters. The van der Waals surface area contributed by atoms with Crippen molar-refractivity contribution in [2.45, 2.75) is 124 Å². The number of anilines is 9. The lowest BCUT2D eigenvalue weighted by Gasteiger charge is -2.45. The highest BCUT2D eigenvalue weighted by molar-refractivity contribution is 7.00. The second kappa shape index (κ2) is 18.7. The number of nitrogens with zero attached hydrogens (tertiary/aromatic N) is 3. The molecule has 0 amide bonds. The Morgan fingerprint density at radius 2 is 0.869 bits per heavy atom. The Bertz CT molecular complexity index is 4360. The van der Waals surface area contributed by atoms with Crippen LogP contribution in [0, 0.1) is 0 Å². The number of para-hydroxylation sites is 2. The van der Waals surface area contributed by atoms with E-state index in [-0.39, 0.29) is 33.8 Å². The molecular weight excluding hydrogens is 1020 g/mol. The summed E-state index contributed by atoms with van der Waals surface area (Å²) in [6, 6.07) is 78.8. The zero-order chi connectivity index (χ0) is 58.6. The molecule has 0 radical (unpaired) electrons. The van der Waals surface area contributed by atoms with Gasteiger partial charge in [-0.2, -0.15) is 0 Å². The van der Waals surface area contributed by atoms with Crippen LogP contribution in [0.2, 0.25) is 0 Å². The third kappa shape index (κ3) is 8.55. The van der Waals surface area contributed by atoms with Crippen LogP contribution in [-0.2, 0) is 27.1 Å². The molecule has 5 heteroatoms. The molecule has 0 saturated carbocycles. The standard InChI is InChI=1S/C79H76BN3O/c1-75(2,3)50-28-36-54(37-29-50)81(55-38-30-51(31-39-55)76(4,5)6)58-42-43-66-68(46-58)82(56-34-26-49(27-35-56)59-22-19-23-62-61-21-16-18-25-72(61)84-74(59)62)70-44-53(78(10,11)12)45-71-73(70)80(66)67-47-63-60-20-15-17-24-64(60)79(13,14)65(63)48-69(67)83(71)57-40-32-52(33-41-57)77(7,8)9/h15-48H,1-14H3. The Labute approximate surface area is 498 Å². The maximum atomic E-state index is 6.66. The molecule has 14 rings (SSSR count). The molecule has 0 spiro atoms. The van der Waals surface area contributed by atoms with Gasteiger partial charge in [-0.05, 0) is 173 Å². The predicted octanol–water partition coefficient (Wildman–Crippen LogP) is 20.3. The minimum Gasteiger partial charge on any atom is -0.455 e. The quantitative estimate of drug-likeness (QED) is 0.155. The monoisotopic (exact) mass is 1090 g/mol. The van der Waals surface area contributed by atoms with Crippen molar-refractivity contribution in [1.82, 2.24) is 0 Å². The third-order valence-electron chi connectivity index (χ3n) is 18.7. The van der Waals surface area contributed by atoms with Gasteiger partial charge in [0.25, 0.3) is 6.71 Å². The van der Waals surface area contributed by atoms with Crippen molar-refractivity contribution in [1.29, 1.82) is 0 Å². The minimum atomic E-state index is -0.195. The molecule has 0 fully saturated rings. The van der Waals surface area contributed by atoms with E-state index in [1.54, 1.807) is 0 Å². The molecule has 416 valence electrons. The van der Waals surface area contributed by atoms with E-state index < -0.39 is 0 Å². The lowest BCUT2D eigenvalue weighted by atomic mass is 9.33. The van der Waals surface area contributed by atoms with E-state index in [0.717, 1.165) is 67.2 Å². The summed E-state index contributed by atoms with van der Waals surface area (Å²) in [7, 11) is 0. The first-order valence-corrected chi connectivity index (χ1v) is 30.3. The van der Waals surface area contributed by atoms with Gasteiger partial charge in [0.15, 0.2) is 0 Å². The van der Waals surface area contributed by atoms with Gasteiger partial charge in [0, 0.05) is 72.9 Å². The van der Waals surface area contributed by atoms with Crippen LogP contribution < -0.4 is 31.1 Å². The molecule has 0 saturated heterocycles. The van der Waals surface area contributed by atoms with Gasteiger partial charge in [-0.25, -0.2) is 0 Å². The van der Waals surface area contributed by atoms with Crippen molar-refractivity contribution in [2.75, 3.05) is 14.7 Å². The van der Waals surface area contributed by atoms with Crippen molar-refractivity contribution in [3.63, 3.8) is 0 Å². The molecule has 0 N–H and O–H groups in total. The van der Waals surface area contributed by atoms with Gasteiger partial charge >= 0.3 is 0 Å². The highest BCUT2D eigenvalue weighted by Gasteiger charge is 2.47. The van der Waals surface area contributed by atoms with Crippen LogP contribution in [-0.4, -0.2) is 6.71 Å². The van der Waals surface area contributed by atoms with Crippen molar-refractivity contribution < 1.29 is 4.42 Å². The van der Waals surface area contributed by atoms with E-state index in [1.807, 2.05) is 0 Å². The van der Waals surface area contributed by atoms with Crippen molar-refractivity contribution in [3.05, 3.63) is 240 Å². The molecule has 1 aliphatic carbocycles. The Morgan fingerprint density at radius 3 is 1.45 bits per heavy atom. The van der Waals surface area contributed by atoms with E-state index in [4.69, 9.17) is 4.42 Å². The number of hydrogen-bond donors (Lipinski definition) is 0. The summed E-state index contributed by atoms with van der Waals surface area (Å²) in [5.41, 5.74) is 28.5. The summed E-state index contributed by atoms with van der Waals surface area (Å²) in [6.45, 7) is 32.5. The van der Waals surface area contributed by atoms with E-state index in [9.17, 15) is 0 Å². The van der Waals surface area contributed by atoms with Crippen LogP contribution in [0.4, 0.5) is 51.2 Å². The molecule has 0 bridgehead atoms. The lowest BCUT2D eigenvalue weighted by molar-refractivity contribution is 0.590. The van der Waals surface area contributed by atoms with E-state index in [0.29, 0.717) is 0 Å². The predicted molar refractivity (Wildman–Crippen MR) is 360 cm³/mol. The molecule has 10 aromatic carbocycles. The van der Waals surface area contributed by atoms with E-state index in [1.165, 1.54) is 78.0 Å². The Balaban J connectivity index is 1.05.